The molecular weight excluding hydrogens is 216 g/mol. The Labute approximate surface area is 101 Å². The zero-order chi connectivity index (χ0) is 12.8. The van der Waals surface area contributed by atoms with E-state index in [-0.39, 0.29) is 11.7 Å². The number of rotatable bonds is 4. The first-order valence-corrected chi connectivity index (χ1v) is 5.62. The van der Waals surface area contributed by atoms with Crippen LogP contribution < -0.4 is 5.43 Å². The Bertz CT molecular complexity index is 425. The molecule has 0 aromatic heterocycles. The van der Waals surface area contributed by atoms with Crippen molar-refractivity contribution in [2.75, 3.05) is 0 Å². The van der Waals surface area contributed by atoms with Crippen molar-refractivity contribution in [3.63, 3.8) is 0 Å². The van der Waals surface area contributed by atoms with E-state index in [4.69, 9.17) is 0 Å². The molecule has 4 nitrogen and oxygen atoms in total. The minimum absolute atomic E-state index is 0.116. The molecule has 0 unspecified atom stereocenters. The highest BCUT2D eigenvalue weighted by molar-refractivity contribution is 6.01. The number of phenols is 1. The Balaban J connectivity index is 2.68. The third-order valence-corrected chi connectivity index (χ3v) is 2.24. The van der Waals surface area contributed by atoms with Crippen LogP contribution in [0.5, 0.6) is 5.75 Å². The molecule has 4 heteroatoms. The number of hydrogen-bond acceptors (Lipinski definition) is 3. The molecule has 1 rings (SSSR count). The molecule has 1 aromatic rings. The molecule has 2 N–H and O–H groups in total. The van der Waals surface area contributed by atoms with Gasteiger partial charge in [-0.25, -0.2) is 5.43 Å². The van der Waals surface area contributed by atoms with E-state index in [0.717, 1.165) is 0 Å². The van der Waals surface area contributed by atoms with Crippen LogP contribution in [0.2, 0.25) is 0 Å². The van der Waals surface area contributed by atoms with Gasteiger partial charge in [-0.1, -0.05) is 26.0 Å². The van der Waals surface area contributed by atoms with Gasteiger partial charge in [-0.15, -0.1) is 0 Å². The number of hydrazone groups is 1. The minimum atomic E-state index is -0.116. The Kier molecular flexibility index (Phi) is 4.69. The zero-order valence-corrected chi connectivity index (χ0v) is 10.4. The standard InChI is InChI=1S/C13H18N2O2/c1-9(2)8-13(17)15-14-10(3)11-6-4-5-7-12(11)16/h4-7,9,16H,8H2,1-3H3,(H,15,17)/b14-10-. The molecular formula is C13H18N2O2. The lowest BCUT2D eigenvalue weighted by Gasteiger charge is -2.05. The van der Waals surface area contributed by atoms with Gasteiger partial charge in [-0.2, -0.15) is 5.10 Å². The van der Waals surface area contributed by atoms with Crippen LogP contribution in [0.25, 0.3) is 0 Å². The van der Waals surface area contributed by atoms with Gasteiger partial charge in [-0.3, -0.25) is 4.79 Å². The second kappa shape index (κ2) is 6.03. The second-order valence-corrected chi connectivity index (χ2v) is 4.35. The van der Waals surface area contributed by atoms with Gasteiger partial charge in [0.1, 0.15) is 5.75 Å². The van der Waals surface area contributed by atoms with Gasteiger partial charge in [-0.05, 0) is 25.0 Å². The van der Waals surface area contributed by atoms with Crippen molar-refractivity contribution in [3.8, 4) is 5.75 Å². The third-order valence-electron chi connectivity index (χ3n) is 2.24. The summed E-state index contributed by atoms with van der Waals surface area (Å²) in [6.07, 6.45) is 0.442. The average Bonchev–Trinajstić information content (AvgIpc) is 2.25. The van der Waals surface area contributed by atoms with E-state index >= 15 is 0 Å². The highest BCUT2D eigenvalue weighted by atomic mass is 16.3. The molecule has 0 atom stereocenters. The highest BCUT2D eigenvalue weighted by Crippen LogP contribution is 2.16. The zero-order valence-electron chi connectivity index (χ0n) is 10.4. The van der Waals surface area contributed by atoms with Crippen molar-refractivity contribution in [1.29, 1.82) is 0 Å². The number of carbonyl (C=O) groups is 1. The summed E-state index contributed by atoms with van der Waals surface area (Å²) in [5.74, 6) is 0.345. The third kappa shape index (κ3) is 4.26. The Hall–Kier alpha value is -1.84. The number of amides is 1. The van der Waals surface area contributed by atoms with E-state index in [1.165, 1.54) is 0 Å². The highest BCUT2D eigenvalue weighted by Gasteiger charge is 2.06. The van der Waals surface area contributed by atoms with Crippen LogP contribution in [0, 0.1) is 5.92 Å². The molecule has 0 saturated carbocycles. The number of aromatic hydroxyl groups is 1. The van der Waals surface area contributed by atoms with Crippen LogP contribution in [-0.4, -0.2) is 16.7 Å². The fraction of sp³-hybridized carbons (Fsp3) is 0.385. The molecule has 92 valence electrons. The lowest BCUT2D eigenvalue weighted by atomic mass is 10.1. The van der Waals surface area contributed by atoms with Crippen LogP contribution in [0.15, 0.2) is 29.4 Å². The summed E-state index contributed by atoms with van der Waals surface area (Å²) in [6.45, 7) is 5.68. The Morgan fingerprint density at radius 1 is 1.41 bits per heavy atom. The molecule has 0 saturated heterocycles. The Morgan fingerprint density at radius 3 is 2.65 bits per heavy atom. The molecule has 17 heavy (non-hydrogen) atoms. The van der Waals surface area contributed by atoms with Crippen molar-refractivity contribution in [1.82, 2.24) is 5.43 Å². The molecule has 1 amide bonds. The first kappa shape index (κ1) is 13.2. The van der Waals surface area contributed by atoms with Gasteiger partial charge < -0.3 is 5.11 Å². The SMILES string of the molecule is C/C(=N/NC(=O)CC(C)C)c1ccccc1O. The van der Waals surface area contributed by atoms with Gasteiger partial charge in [0.2, 0.25) is 5.91 Å². The lowest BCUT2D eigenvalue weighted by molar-refractivity contribution is -0.121. The van der Waals surface area contributed by atoms with Crippen LogP contribution in [0.4, 0.5) is 0 Å². The molecule has 0 fully saturated rings. The monoisotopic (exact) mass is 234 g/mol. The van der Waals surface area contributed by atoms with Crippen molar-refractivity contribution in [2.24, 2.45) is 11.0 Å². The number of hydrogen-bond donors (Lipinski definition) is 2. The molecule has 0 aliphatic heterocycles. The summed E-state index contributed by atoms with van der Waals surface area (Å²) in [5, 5.41) is 13.6. The van der Waals surface area contributed by atoms with E-state index in [1.54, 1.807) is 25.1 Å². The van der Waals surface area contributed by atoms with Crippen LogP contribution >= 0.6 is 0 Å². The van der Waals surface area contributed by atoms with Gasteiger partial charge >= 0.3 is 0 Å². The summed E-state index contributed by atoms with van der Waals surface area (Å²) in [7, 11) is 0. The van der Waals surface area contributed by atoms with Gasteiger partial charge in [0, 0.05) is 12.0 Å². The van der Waals surface area contributed by atoms with Gasteiger partial charge in [0.15, 0.2) is 0 Å². The molecule has 0 bridgehead atoms. The lowest BCUT2D eigenvalue weighted by Crippen LogP contribution is -2.20. The number of carbonyl (C=O) groups excluding carboxylic acids is 1. The van der Waals surface area contributed by atoms with E-state index in [9.17, 15) is 9.90 Å². The maximum atomic E-state index is 11.4. The van der Waals surface area contributed by atoms with Crippen LogP contribution in [0.1, 0.15) is 32.8 Å². The first-order valence-electron chi connectivity index (χ1n) is 5.62. The summed E-state index contributed by atoms with van der Waals surface area (Å²) < 4.78 is 0. The molecule has 0 aliphatic rings. The predicted octanol–water partition coefficient (Wildman–Crippen LogP) is 2.28. The number of para-hydroxylation sites is 1. The van der Waals surface area contributed by atoms with E-state index in [0.29, 0.717) is 23.6 Å². The largest absolute Gasteiger partial charge is 0.507 e. The summed E-state index contributed by atoms with van der Waals surface area (Å²) in [6, 6.07) is 6.89. The van der Waals surface area contributed by atoms with E-state index in [1.807, 2.05) is 19.9 Å². The quantitative estimate of drug-likeness (QED) is 0.620. The van der Waals surface area contributed by atoms with E-state index in [2.05, 4.69) is 10.5 Å². The van der Waals surface area contributed by atoms with Gasteiger partial charge in [0.05, 0.1) is 5.71 Å². The van der Waals surface area contributed by atoms with Crippen LogP contribution in [0.3, 0.4) is 0 Å². The first-order chi connectivity index (χ1) is 8.00. The number of nitrogens with one attached hydrogen (secondary N) is 1. The topological polar surface area (TPSA) is 61.7 Å². The summed E-state index contributed by atoms with van der Waals surface area (Å²) in [5.41, 5.74) is 3.68. The predicted molar refractivity (Wildman–Crippen MR) is 67.9 cm³/mol. The summed E-state index contributed by atoms with van der Waals surface area (Å²) in [4.78, 5) is 11.4. The molecule has 0 heterocycles. The molecule has 0 spiro atoms. The number of benzene rings is 1. The second-order valence-electron chi connectivity index (χ2n) is 4.35. The van der Waals surface area contributed by atoms with Crippen molar-refractivity contribution in [3.05, 3.63) is 29.8 Å². The van der Waals surface area contributed by atoms with Crippen molar-refractivity contribution >= 4 is 11.6 Å². The molecule has 0 aliphatic carbocycles. The fourth-order valence-corrected chi connectivity index (χ4v) is 1.40. The maximum absolute atomic E-state index is 11.4. The maximum Gasteiger partial charge on any atom is 0.240 e. The average molecular weight is 234 g/mol. The normalized spacial score (nSPS) is 11.6. The molecule has 0 radical (unpaired) electrons. The van der Waals surface area contributed by atoms with Crippen LogP contribution in [-0.2, 0) is 4.79 Å². The van der Waals surface area contributed by atoms with Crippen molar-refractivity contribution in [2.45, 2.75) is 27.2 Å². The smallest absolute Gasteiger partial charge is 0.240 e. The number of phenolic OH excluding ortho intramolecular Hbond substituents is 1. The number of nitrogens with zero attached hydrogens (tertiary/aromatic N) is 1. The fourth-order valence-electron chi connectivity index (χ4n) is 1.40. The molecule has 1 aromatic carbocycles. The summed E-state index contributed by atoms with van der Waals surface area (Å²) >= 11 is 0. The van der Waals surface area contributed by atoms with Crippen molar-refractivity contribution < 1.29 is 9.90 Å². The van der Waals surface area contributed by atoms with E-state index < -0.39 is 0 Å². The minimum Gasteiger partial charge on any atom is -0.507 e. The Morgan fingerprint density at radius 2 is 2.06 bits per heavy atom. The van der Waals surface area contributed by atoms with Gasteiger partial charge in [0.25, 0.3) is 0 Å².